The van der Waals surface area contributed by atoms with Gasteiger partial charge in [-0.15, -0.1) is 0 Å². The minimum absolute atomic E-state index is 0.0338. The first kappa shape index (κ1) is 17.2. The van der Waals surface area contributed by atoms with Crippen LogP contribution in [0.25, 0.3) is 0 Å². The van der Waals surface area contributed by atoms with Crippen molar-refractivity contribution in [3.63, 3.8) is 0 Å². The summed E-state index contributed by atoms with van der Waals surface area (Å²) in [7, 11) is 0. The fraction of sp³-hybridized carbons (Fsp3) is 0.500. The second-order valence-electron chi connectivity index (χ2n) is 5.79. The molecule has 5 heteroatoms. The molecule has 0 radical (unpaired) electrons. The number of nitrogens with one attached hydrogen (secondary N) is 2. The van der Waals surface area contributed by atoms with E-state index in [0.717, 1.165) is 0 Å². The molecular weight excluding hydrogens is 266 g/mol. The molecule has 0 heterocycles. The molecule has 0 aliphatic heterocycles. The highest BCUT2D eigenvalue weighted by Gasteiger charge is 2.29. The summed E-state index contributed by atoms with van der Waals surface area (Å²) in [4.78, 5) is 23.8. The highest BCUT2D eigenvalue weighted by atomic mass is 16.2. The van der Waals surface area contributed by atoms with Gasteiger partial charge in [-0.3, -0.25) is 9.59 Å². The van der Waals surface area contributed by atoms with Gasteiger partial charge in [-0.2, -0.15) is 0 Å². The van der Waals surface area contributed by atoms with Gasteiger partial charge in [-0.1, -0.05) is 20.8 Å². The number of amides is 2. The van der Waals surface area contributed by atoms with Gasteiger partial charge < -0.3 is 16.4 Å². The topological polar surface area (TPSA) is 84.2 Å². The number of hydrogen-bond donors (Lipinski definition) is 3. The van der Waals surface area contributed by atoms with Crippen LogP contribution >= 0.6 is 0 Å². The zero-order valence-electron chi connectivity index (χ0n) is 13.2. The molecular formula is C16H25N3O2. The molecule has 1 unspecified atom stereocenters. The van der Waals surface area contributed by atoms with E-state index in [2.05, 4.69) is 10.6 Å². The van der Waals surface area contributed by atoms with Crippen LogP contribution in [0.4, 0.5) is 11.4 Å². The molecule has 0 spiro atoms. The molecule has 21 heavy (non-hydrogen) atoms. The van der Waals surface area contributed by atoms with Crippen LogP contribution in [-0.2, 0) is 9.59 Å². The fourth-order valence-corrected chi connectivity index (χ4v) is 1.60. The Morgan fingerprint density at radius 2 is 1.62 bits per heavy atom. The predicted octanol–water partition coefficient (Wildman–Crippen LogP) is 2.59. The molecule has 1 aromatic rings. The van der Waals surface area contributed by atoms with Crippen molar-refractivity contribution in [3.8, 4) is 0 Å². The van der Waals surface area contributed by atoms with Crippen molar-refractivity contribution in [2.75, 3.05) is 17.2 Å². The lowest BCUT2D eigenvalue weighted by atomic mass is 9.86. The highest BCUT2D eigenvalue weighted by Crippen LogP contribution is 2.22. The Morgan fingerprint density at radius 3 is 2.00 bits per heavy atom. The molecule has 2 amide bonds. The average Bonchev–Trinajstić information content (AvgIpc) is 2.48. The Bertz CT molecular complexity index is 491. The Balaban J connectivity index is 2.71. The summed E-state index contributed by atoms with van der Waals surface area (Å²) in [6, 6.07) is 7.06. The van der Waals surface area contributed by atoms with E-state index in [1.807, 2.05) is 27.7 Å². The van der Waals surface area contributed by atoms with Gasteiger partial charge in [0.25, 0.3) is 0 Å². The Kier molecular flexibility index (Phi) is 5.90. The maximum absolute atomic E-state index is 12.2. The molecule has 0 aliphatic rings. The summed E-state index contributed by atoms with van der Waals surface area (Å²) < 4.78 is 0. The number of nitrogens with two attached hydrogens (primary N) is 1. The minimum Gasteiger partial charge on any atom is -0.329 e. The summed E-state index contributed by atoms with van der Waals surface area (Å²) in [6.45, 7) is 7.76. The van der Waals surface area contributed by atoms with Gasteiger partial charge in [0.05, 0.1) is 5.41 Å². The Morgan fingerprint density at radius 1 is 1.14 bits per heavy atom. The Hall–Kier alpha value is -1.88. The molecule has 0 aliphatic carbocycles. The molecule has 1 aromatic carbocycles. The summed E-state index contributed by atoms with van der Waals surface area (Å²) >= 11 is 0. The van der Waals surface area contributed by atoms with E-state index in [1.54, 1.807) is 24.3 Å². The third kappa shape index (κ3) is 4.56. The number of hydrogen-bond acceptors (Lipinski definition) is 3. The zero-order chi connectivity index (χ0) is 16.0. The van der Waals surface area contributed by atoms with Gasteiger partial charge in [0.1, 0.15) is 0 Å². The van der Waals surface area contributed by atoms with Gasteiger partial charge >= 0.3 is 0 Å². The van der Waals surface area contributed by atoms with Crippen molar-refractivity contribution in [2.24, 2.45) is 17.1 Å². The largest absolute Gasteiger partial charge is 0.329 e. The number of benzene rings is 1. The third-order valence-electron chi connectivity index (χ3n) is 3.71. The van der Waals surface area contributed by atoms with Gasteiger partial charge in [0.2, 0.25) is 11.8 Å². The molecule has 0 saturated carbocycles. The van der Waals surface area contributed by atoms with E-state index in [1.165, 1.54) is 0 Å². The van der Waals surface area contributed by atoms with Crippen molar-refractivity contribution in [1.82, 2.24) is 0 Å². The normalized spacial score (nSPS) is 13.6. The van der Waals surface area contributed by atoms with Crippen molar-refractivity contribution < 1.29 is 9.59 Å². The summed E-state index contributed by atoms with van der Waals surface area (Å²) in [5.41, 5.74) is 6.51. The first-order valence-corrected chi connectivity index (χ1v) is 7.25. The van der Waals surface area contributed by atoms with E-state index in [-0.39, 0.29) is 17.7 Å². The number of carbonyl (C=O) groups excluding carboxylic acids is 2. The monoisotopic (exact) mass is 291 g/mol. The van der Waals surface area contributed by atoms with Gasteiger partial charge in [0.15, 0.2) is 0 Å². The van der Waals surface area contributed by atoms with Crippen LogP contribution < -0.4 is 16.4 Å². The standard InChI is InChI=1S/C16H25N3O2/c1-5-16(4,10-17)15(21)19-13-8-6-12(7-9-13)18-14(20)11(2)3/h6-9,11H,5,10,17H2,1-4H3,(H,18,20)(H,19,21). The first-order valence-electron chi connectivity index (χ1n) is 7.25. The van der Waals surface area contributed by atoms with E-state index < -0.39 is 5.41 Å². The summed E-state index contributed by atoms with van der Waals surface area (Å²) in [5.74, 6) is -0.195. The second-order valence-corrected chi connectivity index (χ2v) is 5.79. The minimum atomic E-state index is -0.565. The lowest BCUT2D eigenvalue weighted by Crippen LogP contribution is -2.39. The second kappa shape index (κ2) is 7.22. The molecule has 5 nitrogen and oxygen atoms in total. The summed E-state index contributed by atoms with van der Waals surface area (Å²) in [6.07, 6.45) is 0.678. The lowest BCUT2D eigenvalue weighted by Gasteiger charge is -2.25. The summed E-state index contributed by atoms with van der Waals surface area (Å²) in [5, 5.41) is 5.66. The van der Waals surface area contributed by atoms with Crippen LogP contribution in [0.5, 0.6) is 0 Å². The predicted molar refractivity (Wildman–Crippen MR) is 86.0 cm³/mol. The molecule has 4 N–H and O–H groups in total. The zero-order valence-corrected chi connectivity index (χ0v) is 13.2. The quantitative estimate of drug-likeness (QED) is 0.753. The van der Waals surface area contributed by atoms with E-state index in [0.29, 0.717) is 24.3 Å². The first-order chi connectivity index (χ1) is 9.82. The van der Waals surface area contributed by atoms with Crippen molar-refractivity contribution >= 4 is 23.2 Å². The van der Waals surface area contributed by atoms with E-state index in [4.69, 9.17) is 5.73 Å². The van der Waals surface area contributed by atoms with Crippen molar-refractivity contribution in [1.29, 1.82) is 0 Å². The van der Waals surface area contributed by atoms with Crippen LogP contribution in [0.15, 0.2) is 24.3 Å². The molecule has 0 saturated heterocycles. The van der Waals surface area contributed by atoms with Crippen LogP contribution in [0, 0.1) is 11.3 Å². The van der Waals surface area contributed by atoms with Gasteiger partial charge in [-0.05, 0) is 37.6 Å². The van der Waals surface area contributed by atoms with E-state index >= 15 is 0 Å². The fourth-order valence-electron chi connectivity index (χ4n) is 1.60. The molecule has 1 rings (SSSR count). The molecule has 116 valence electrons. The van der Waals surface area contributed by atoms with Gasteiger partial charge in [0, 0.05) is 23.8 Å². The third-order valence-corrected chi connectivity index (χ3v) is 3.71. The molecule has 1 atom stereocenters. The Labute approximate surface area is 126 Å². The van der Waals surface area contributed by atoms with Crippen molar-refractivity contribution in [2.45, 2.75) is 34.1 Å². The maximum atomic E-state index is 12.2. The van der Waals surface area contributed by atoms with Crippen LogP contribution in [0.1, 0.15) is 34.1 Å². The number of rotatable bonds is 6. The SMILES string of the molecule is CCC(C)(CN)C(=O)Nc1ccc(NC(=O)C(C)C)cc1. The van der Waals surface area contributed by atoms with Crippen LogP contribution in [0.3, 0.4) is 0 Å². The smallest absolute Gasteiger partial charge is 0.231 e. The maximum Gasteiger partial charge on any atom is 0.231 e. The van der Waals surface area contributed by atoms with E-state index in [9.17, 15) is 9.59 Å². The number of anilines is 2. The van der Waals surface area contributed by atoms with Crippen LogP contribution in [0.2, 0.25) is 0 Å². The molecule has 0 aromatic heterocycles. The average molecular weight is 291 g/mol. The lowest BCUT2D eigenvalue weighted by molar-refractivity contribution is -0.124. The van der Waals surface area contributed by atoms with Crippen molar-refractivity contribution in [3.05, 3.63) is 24.3 Å². The van der Waals surface area contributed by atoms with Crippen LogP contribution in [-0.4, -0.2) is 18.4 Å². The highest BCUT2D eigenvalue weighted by molar-refractivity contribution is 5.96. The van der Waals surface area contributed by atoms with Gasteiger partial charge in [-0.25, -0.2) is 0 Å². The number of carbonyl (C=O) groups is 2. The molecule has 0 bridgehead atoms. The molecule has 0 fully saturated rings.